The fourth-order valence-electron chi connectivity index (χ4n) is 6.42. The normalized spacial score (nSPS) is 23.0. The van der Waals surface area contributed by atoms with Crippen molar-refractivity contribution >= 4 is 11.9 Å². The lowest BCUT2D eigenvalue weighted by Gasteiger charge is -2.33. The topological polar surface area (TPSA) is 60.3 Å². The third-order valence-corrected chi connectivity index (χ3v) is 9.61. The number of methoxy groups -OCH3 is 1. The third kappa shape index (κ3) is 5.44. The van der Waals surface area contributed by atoms with E-state index in [1.54, 1.807) is 0 Å². The van der Waals surface area contributed by atoms with E-state index >= 15 is 0 Å². The Labute approximate surface area is 228 Å². The second-order valence-electron chi connectivity index (χ2n) is 13.6. The van der Waals surface area contributed by atoms with Gasteiger partial charge in [0.05, 0.1) is 13.0 Å². The van der Waals surface area contributed by atoms with Crippen molar-refractivity contribution in [2.75, 3.05) is 7.11 Å². The predicted molar refractivity (Wildman–Crippen MR) is 152 cm³/mol. The van der Waals surface area contributed by atoms with E-state index in [0.29, 0.717) is 24.5 Å². The Bertz CT molecular complexity index is 1180. The van der Waals surface area contributed by atoms with Gasteiger partial charge in [-0.05, 0) is 71.6 Å². The first-order chi connectivity index (χ1) is 18.0. The summed E-state index contributed by atoms with van der Waals surface area (Å²) in [5, 5.41) is 3.19. The molecule has 1 aromatic heterocycles. The number of hydrogen-bond acceptors (Lipinski definition) is 3. The average molecular weight is 519 g/mol. The summed E-state index contributed by atoms with van der Waals surface area (Å²) in [5.41, 5.74) is 7.57. The van der Waals surface area contributed by atoms with Crippen molar-refractivity contribution in [1.29, 1.82) is 0 Å². The summed E-state index contributed by atoms with van der Waals surface area (Å²) < 4.78 is 7.02. The zero-order valence-corrected chi connectivity index (χ0v) is 24.3. The Morgan fingerprint density at radius 1 is 1.05 bits per heavy atom. The summed E-state index contributed by atoms with van der Waals surface area (Å²) in [6, 6.07) is 9.34. The molecule has 1 N–H and O–H groups in total. The molecule has 5 nitrogen and oxygen atoms in total. The first kappa shape index (κ1) is 27.0. The largest absolute Gasteiger partial charge is 0.469 e. The van der Waals surface area contributed by atoms with E-state index in [0.717, 1.165) is 6.42 Å². The molecule has 38 heavy (non-hydrogen) atoms. The summed E-state index contributed by atoms with van der Waals surface area (Å²) >= 11 is 0. The molecule has 1 amide bonds. The van der Waals surface area contributed by atoms with E-state index in [2.05, 4.69) is 68.9 Å². The lowest BCUT2D eigenvalue weighted by Crippen LogP contribution is -2.47. The third-order valence-electron chi connectivity index (χ3n) is 9.61. The fraction of sp³-hybridized carbons (Fsp3) is 0.636. The van der Waals surface area contributed by atoms with Crippen LogP contribution in [0.2, 0.25) is 0 Å². The Hall–Kier alpha value is -2.56. The van der Waals surface area contributed by atoms with E-state index in [1.807, 2.05) is 0 Å². The van der Waals surface area contributed by atoms with Crippen LogP contribution in [0.25, 0.3) is 11.1 Å². The average Bonchev–Trinajstić information content (AvgIpc) is 3.54. The monoisotopic (exact) mass is 518 g/mol. The van der Waals surface area contributed by atoms with E-state index in [9.17, 15) is 9.59 Å². The second kappa shape index (κ2) is 10.2. The van der Waals surface area contributed by atoms with Crippen LogP contribution in [0.1, 0.15) is 113 Å². The number of hydrogen-bond donors (Lipinski definition) is 1. The number of rotatable bonds is 7. The molecule has 3 saturated carbocycles. The van der Waals surface area contributed by atoms with E-state index < -0.39 is 0 Å². The molecule has 3 aliphatic carbocycles. The minimum absolute atomic E-state index is 0.0254. The minimum Gasteiger partial charge on any atom is -0.469 e. The van der Waals surface area contributed by atoms with E-state index in [1.165, 1.54) is 80.0 Å². The first-order valence-electron chi connectivity index (χ1n) is 14.7. The highest BCUT2D eigenvalue weighted by Gasteiger charge is 2.40. The van der Waals surface area contributed by atoms with Gasteiger partial charge in [-0.2, -0.15) is 0 Å². The van der Waals surface area contributed by atoms with Crippen molar-refractivity contribution in [3.05, 3.63) is 46.8 Å². The fourth-order valence-corrected chi connectivity index (χ4v) is 6.42. The zero-order chi connectivity index (χ0) is 27.2. The van der Waals surface area contributed by atoms with Gasteiger partial charge in [-0.1, -0.05) is 78.0 Å². The number of ether oxygens (including phenoxy) is 1. The zero-order valence-electron chi connectivity index (χ0n) is 24.3. The molecular formula is C33H46N2O3. The van der Waals surface area contributed by atoms with Crippen LogP contribution in [0.4, 0.5) is 0 Å². The number of amides is 1. The predicted octanol–water partition coefficient (Wildman–Crippen LogP) is 6.85. The summed E-state index contributed by atoms with van der Waals surface area (Å²) in [4.78, 5) is 25.3. The van der Waals surface area contributed by atoms with Crippen LogP contribution in [-0.2, 0) is 33.8 Å². The Balaban J connectivity index is 1.50. The van der Waals surface area contributed by atoms with Gasteiger partial charge in [0, 0.05) is 24.3 Å². The van der Waals surface area contributed by atoms with Crippen LogP contribution in [-0.4, -0.2) is 29.6 Å². The minimum atomic E-state index is -0.176. The number of nitrogens with one attached hydrogen (secondary N) is 1. The molecule has 5 heteroatoms. The summed E-state index contributed by atoms with van der Waals surface area (Å²) in [5.74, 6) is 0.354. The van der Waals surface area contributed by atoms with Crippen LogP contribution < -0.4 is 5.32 Å². The Morgan fingerprint density at radius 2 is 1.74 bits per heavy atom. The number of benzene rings is 1. The number of esters is 1. The van der Waals surface area contributed by atoms with Crippen molar-refractivity contribution in [2.45, 2.75) is 109 Å². The maximum Gasteiger partial charge on any atom is 0.308 e. The smallest absolute Gasteiger partial charge is 0.308 e. The van der Waals surface area contributed by atoms with Crippen molar-refractivity contribution in [1.82, 2.24) is 9.88 Å². The van der Waals surface area contributed by atoms with Gasteiger partial charge in [-0.25, -0.2) is 0 Å². The molecule has 1 aromatic carbocycles. The molecule has 0 bridgehead atoms. The molecule has 0 spiro atoms. The number of carbonyl (C=O) groups is 2. The van der Waals surface area contributed by atoms with Crippen molar-refractivity contribution in [3.8, 4) is 11.1 Å². The summed E-state index contributed by atoms with van der Waals surface area (Å²) in [7, 11) is 3.49. The maximum atomic E-state index is 13.5. The highest BCUT2D eigenvalue weighted by molar-refractivity contribution is 5.95. The number of aromatic nitrogens is 1. The molecule has 0 unspecified atom stereocenters. The molecule has 0 saturated heterocycles. The van der Waals surface area contributed by atoms with Crippen LogP contribution in [0, 0.1) is 11.8 Å². The Kier molecular flexibility index (Phi) is 7.26. The molecule has 0 radical (unpaired) electrons. The maximum absolute atomic E-state index is 13.5. The molecule has 5 rings (SSSR count). The van der Waals surface area contributed by atoms with Crippen LogP contribution in [0.3, 0.4) is 0 Å². The van der Waals surface area contributed by atoms with Crippen molar-refractivity contribution in [2.24, 2.45) is 18.9 Å². The highest BCUT2D eigenvalue weighted by atomic mass is 16.5. The Morgan fingerprint density at radius 3 is 2.34 bits per heavy atom. The molecule has 1 heterocycles. The van der Waals surface area contributed by atoms with Crippen LogP contribution in [0.15, 0.2) is 24.3 Å². The van der Waals surface area contributed by atoms with Gasteiger partial charge in [0.25, 0.3) is 5.91 Å². The second-order valence-corrected chi connectivity index (χ2v) is 13.6. The summed E-state index contributed by atoms with van der Waals surface area (Å²) in [6.45, 7) is 9.25. The highest BCUT2D eigenvalue weighted by Crippen LogP contribution is 2.49. The van der Waals surface area contributed by atoms with E-state index in [-0.39, 0.29) is 34.7 Å². The van der Waals surface area contributed by atoms with Gasteiger partial charge < -0.3 is 14.6 Å². The quantitative estimate of drug-likeness (QED) is 0.408. The van der Waals surface area contributed by atoms with Crippen LogP contribution >= 0.6 is 0 Å². The van der Waals surface area contributed by atoms with Gasteiger partial charge >= 0.3 is 5.97 Å². The van der Waals surface area contributed by atoms with Gasteiger partial charge in [0.2, 0.25) is 0 Å². The van der Waals surface area contributed by atoms with Crippen molar-refractivity contribution in [3.63, 3.8) is 0 Å². The molecule has 3 aliphatic rings. The molecular weight excluding hydrogens is 472 g/mol. The van der Waals surface area contributed by atoms with Crippen LogP contribution in [0.5, 0.6) is 0 Å². The number of carbonyl (C=O) groups excluding carboxylic acids is 2. The lowest BCUT2D eigenvalue weighted by molar-refractivity contribution is -0.149. The summed E-state index contributed by atoms with van der Waals surface area (Å²) in [6.07, 6.45) is 11.3. The standard InChI is InChI=1S/C33H46N2O3/c1-32(2,3)24-15-22(16-25(19-24)33(4)12-13-33)27-20-29(30(36)34-26-17-23(18-26)31(37)38-6)35(5)28(27)14-21-10-8-7-9-11-21/h15-16,19-21,23,26H,7-14,17-18H2,1-6H3,(H,34,36)/t23-,26-. The van der Waals surface area contributed by atoms with Gasteiger partial charge in [0.15, 0.2) is 0 Å². The van der Waals surface area contributed by atoms with E-state index in [4.69, 9.17) is 4.74 Å². The van der Waals surface area contributed by atoms with Gasteiger partial charge in [-0.15, -0.1) is 0 Å². The molecule has 206 valence electrons. The molecule has 0 atom stereocenters. The molecule has 3 fully saturated rings. The van der Waals surface area contributed by atoms with Gasteiger partial charge in [0.1, 0.15) is 5.69 Å². The lowest BCUT2D eigenvalue weighted by atomic mass is 9.80. The molecule has 0 aliphatic heterocycles. The van der Waals surface area contributed by atoms with Gasteiger partial charge in [-0.3, -0.25) is 9.59 Å². The number of nitrogens with zero attached hydrogens (tertiary/aromatic N) is 1. The molecule has 2 aromatic rings. The SMILES string of the molecule is COC(=O)[C@H]1C[C@H](NC(=O)c2cc(-c3cc(C(C)(C)C)cc(C4(C)CC4)c3)c(CC3CCCCC3)n2C)C1. The van der Waals surface area contributed by atoms with Crippen molar-refractivity contribution < 1.29 is 14.3 Å². The first-order valence-corrected chi connectivity index (χ1v) is 14.7.